The van der Waals surface area contributed by atoms with Gasteiger partial charge in [-0.1, -0.05) is 18.2 Å². The highest BCUT2D eigenvalue weighted by Gasteiger charge is 2.35. The summed E-state index contributed by atoms with van der Waals surface area (Å²) < 4.78 is 15.9. The first-order valence-electron chi connectivity index (χ1n) is 7.06. The van der Waals surface area contributed by atoms with Crippen molar-refractivity contribution < 1.29 is 14.6 Å². The first-order valence-corrected chi connectivity index (χ1v) is 7.06. The summed E-state index contributed by atoms with van der Waals surface area (Å²) in [6, 6.07) is 8.17. The molecule has 1 aromatic heterocycles. The number of halogens is 1. The van der Waals surface area contributed by atoms with Gasteiger partial charge in [0, 0.05) is 24.1 Å². The number of hydrogen-bond acceptors (Lipinski definition) is 3. The normalized spacial score (nSPS) is 11.9. The van der Waals surface area contributed by atoms with E-state index in [-0.39, 0.29) is 13.2 Å². The maximum Gasteiger partial charge on any atom is 0.127 e. The summed E-state index contributed by atoms with van der Waals surface area (Å²) in [6.07, 6.45) is 0.329. The van der Waals surface area contributed by atoms with E-state index in [2.05, 4.69) is 5.10 Å². The summed E-state index contributed by atoms with van der Waals surface area (Å²) in [5.41, 5.74) is 1.02. The molecule has 0 saturated carbocycles. The molecule has 0 saturated heterocycles. The Balaban J connectivity index is 2.45. The number of aliphatic hydroxyl groups is 2. The molecule has 0 atom stereocenters. The number of hydrogen-bond donors (Lipinski definition) is 2. The van der Waals surface area contributed by atoms with Crippen molar-refractivity contribution in [1.82, 2.24) is 9.78 Å². The Kier molecular flexibility index (Phi) is 4.75. The smallest absolute Gasteiger partial charge is 0.127 e. The van der Waals surface area contributed by atoms with Crippen LogP contribution in [0.25, 0.3) is 0 Å². The maximum atomic E-state index is 14.1. The first-order chi connectivity index (χ1) is 10.1. The SMILES string of the molecule is CCn1nc(C)cc1CC(CO)(CO)c1ccccc1F. The van der Waals surface area contributed by atoms with Crippen LogP contribution in [0.4, 0.5) is 4.39 Å². The Morgan fingerprint density at radius 3 is 2.48 bits per heavy atom. The molecule has 0 aliphatic heterocycles. The van der Waals surface area contributed by atoms with Crippen molar-refractivity contribution in [1.29, 1.82) is 0 Å². The fraction of sp³-hybridized carbons (Fsp3) is 0.438. The van der Waals surface area contributed by atoms with E-state index >= 15 is 0 Å². The Morgan fingerprint density at radius 2 is 1.90 bits per heavy atom. The first kappa shape index (κ1) is 15.7. The van der Waals surface area contributed by atoms with Gasteiger partial charge in [-0.25, -0.2) is 4.39 Å². The van der Waals surface area contributed by atoms with Crippen LogP contribution in [0.3, 0.4) is 0 Å². The van der Waals surface area contributed by atoms with Gasteiger partial charge >= 0.3 is 0 Å². The van der Waals surface area contributed by atoms with Crippen molar-refractivity contribution in [3.05, 3.63) is 53.1 Å². The van der Waals surface area contributed by atoms with Crippen LogP contribution in [0.1, 0.15) is 23.9 Å². The molecule has 5 heteroatoms. The van der Waals surface area contributed by atoms with E-state index in [1.54, 1.807) is 18.2 Å². The van der Waals surface area contributed by atoms with Crippen molar-refractivity contribution in [2.24, 2.45) is 0 Å². The lowest BCUT2D eigenvalue weighted by atomic mass is 9.77. The monoisotopic (exact) mass is 292 g/mol. The van der Waals surface area contributed by atoms with Gasteiger partial charge in [-0.3, -0.25) is 4.68 Å². The predicted molar refractivity (Wildman–Crippen MR) is 78.6 cm³/mol. The van der Waals surface area contributed by atoms with Crippen molar-refractivity contribution in [3.8, 4) is 0 Å². The largest absolute Gasteiger partial charge is 0.395 e. The standard InChI is InChI=1S/C16H21FN2O2/c1-3-19-13(8-12(2)18-19)9-16(10-20,11-21)14-6-4-5-7-15(14)17/h4-8,20-21H,3,9-11H2,1-2H3. The van der Waals surface area contributed by atoms with Gasteiger partial charge in [0.15, 0.2) is 0 Å². The second-order valence-corrected chi connectivity index (χ2v) is 5.35. The second kappa shape index (κ2) is 6.37. The van der Waals surface area contributed by atoms with E-state index in [0.717, 1.165) is 11.4 Å². The number of nitrogens with zero attached hydrogens (tertiary/aromatic N) is 2. The van der Waals surface area contributed by atoms with Crippen molar-refractivity contribution >= 4 is 0 Å². The zero-order valence-corrected chi connectivity index (χ0v) is 12.4. The molecule has 0 fully saturated rings. The van der Waals surface area contributed by atoms with Crippen LogP contribution in [0, 0.1) is 12.7 Å². The second-order valence-electron chi connectivity index (χ2n) is 5.35. The highest BCUT2D eigenvalue weighted by Crippen LogP contribution is 2.30. The summed E-state index contributed by atoms with van der Waals surface area (Å²) in [4.78, 5) is 0. The van der Waals surface area contributed by atoms with E-state index < -0.39 is 11.2 Å². The van der Waals surface area contributed by atoms with Crippen LogP contribution in [0.2, 0.25) is 0 Å². The third-order valence-corrected chi connectivity index (χ3v) is 3.86. The topological polar surface area (TPSA) is 58.3 Å². The van der Waals surface area contributed by atoms with E-state index in [1.165, 1.54) is 6.07 Å². The molecule has 2 aromatic rings. The molecule has 0 unspecified atom stereocenters. The molecule has 0 aliphatic rings. The van der Waals surface area contributed by atoms with Crippen LogP contribution < -0.4 is 0 Å². The van der Waals surface area contributed by atoms with Gasteiger partial charge in [0.25, 0.3) is 0 Å². The summed E-state index contributed by atoms with van der Waals surface area (Å²) in [5.74, 6) is -0.417. The molecule has 0 aliphatic carbocycles. The minimum absolute atomic E-state index is 0.329. The average Bonchev–Trinajstić information content (AvgIpc) is 2.85. The molecule has 1 heterocycles. The summed E-state index contributed by atoms with van der Waals surface area (Å²) in [5, 5.41) is 24.0. The molecular formula is C16H21FN2O2. The summed E-state index contributed by atoms with van der Waals surface area (Å²) in [7, 11) is 0. The van der Waals surface area contributed by atoms with Gasteiger partial charge in [-0.05, 0) is 31.5 Å². The van der Waals surface area contributed by atoms with E-state index in [9.17, 15) is 14.6 Å². The van der Waals surface area contributed by atoms with E-state index in [4.69, 9.17) is 0 Å². The molecule has 0 spiro atoms. The van der Waals surface area contributed by atoms with Crippen LogP contribution in [0.15, 0.2) is 30.3 Å². The summed E-state index contributed by atoms with van der Waals surface area (Å²) in [6.45, 7) is 3.88. The fourth-order valence-corrected chi connectivity index (χ4v) is 2.68. The lowest BCUT2D eigenvalue weighted by Gasteiger charge is -2.30. The van der Waals surface area contributed by atoms with Gasteiger partial charge in [-0.2, -0.15) is 5.10 Å². The maximum absolute atomic E-state index is 14.1. The van der Waals surface area contributed by atoms with Crippen molar-refractivity contribution in [3.63, 3.8) is 0 Å². The third-order valence-electron chi connectivity index (χ3n) is 3.86. The fourth-order valence-electron chi connectivity index (χ4n) is 2.68. The number of benzene rings is 1. The Morgan fingerprint density at radius 1 is 1.24 bits per heavy atom. The molecule has 0 bridgehead atoms. The van der Waals surface area contributed by atoms with Gasteiger partial charge < -0.3 is 10.2 Å². The number of aromatic nitrogens is 2. The number of rotatable bonds is 6. The molecule has 4 nitrogen and oxygen atoms in total. The van der Waals surface area contributed by atoms with Crippen LogP contribution >= 0.6 is 0 Å². The lowest BCUT2D eigenvalue weighted by Crippen LogP contribution is -2.39. The Bertz CT molecular complexity index is 606. The minimum Gasteiger partial charge on any atom is -0.395 e. The van der Waals surface area contributed by atoms with Crippen LogP contribution in [0.5, 0.6) is 0 Å². The Hall–Kier alpha value is -1.72. The van der Waals surface area contributed by atoms with Crippen molar-refractivity contribution in [2.75, 3.05) is 13.2 Å². The van der Waals surface area contributed by atoms with Gasteiger partial charge in [-0.15, -0.1) is 0 Å². The quantitative estimate of drug-likeness (QED) is 0.854. The van der Waals surface area contributed by atoms with Crippen LogP contribution in [-0.2, 0) is 18.4 Å². The molecule has 0 radical (unpaired) electrons. The highest BCUT2D eigenvalue weighted by atomic mass is 19.1. The van der Waals surface area contributed by atoms with E-state index in [1.807, 2.05) is 24.6 Å². The predicted octanol–water partition coefficient (Wildman–Crippen LogP) is 1.82. The third kappa shape index (κ3) is 2.99. The molecule has 1 aromatic carbocycles. The number of aryl methyl sites for hydroxylation is 2. The minimum atomic E-state index is -1.05. The number of aliphatic hydroxyl groups excluding tert-OH is 2. The zero-order valence-electron chi connectivity index (χ0n) is 12.4. The van der Waals surface area contributed by atoms with Gasteiger partial charge in [0.1, 0.15) is 5.82 Å². The highest BCUT2D eigenvalue weighted by molar-refractivity contribution is 5.30. The zero-order chi connectivity index (χ0) is 15.5. The summed E-state index contributed by atoms with van der Waals surface area (Å²) >= 11 is 0. The molecular weight excluding hydrogens is 271 g/mol. The van der Waals surface area contributed by atoms with Crippen LogP contribution in [-0.4, -0.2) is 33.2 Å². The van der Waals surface area contributed by atoms with Gasteiger partial charge in [0.05, 0.1) is 18.9 Å². The Labute approximate surface area is 123 Å². The van der Waals surface area contributed by atoms with Gasteiger partial charge in [0.2, 0.25) is 0 Å². The molecule has 2 rings (SSSR count). The van der Waals surface area contributed by atoms with E-state index in [0.29, 0.717) is 18.5 Å². The molecule has 114 valence electrons. The molecule has 0 amide bonds. The molecule has 2 N–H and O–H groups in total. The lowest BCUT2D eigenvalue weighted by molar-refractivity contribution is 0.111. The average molecular weight is 292 g/mol. The molecule has 21 heavy (non-hydrogen) atoms. The van der Waals surface area contributed by atoms with Crippen molar-refractivity contribution in [2.45, 2.75) is 32.2 Å².